The van der Waals surface area contributed by atoms with Crippen molar-refractivity contribution >= 4 is 5.96 Å². The van der Waals surface area contributed by atoms with Crippen LogP contribution < -0.4 is 24.8 Å². The minimum Gasteiger partial charge on any atom is -0.496 e. The summed E-state index contributed by atoms with van der Waals surface area (Å²) in [6, 6.07) is 4.85. The van der Waals surface area contributed by atoms with Crippen molar-refractivity contribution in [2.24, 2.45) is 4.99 Å². The highest BCUT2D eigenvalue weighted by Gasteiger charge is 2.21. The summed E-state index contributed by atoms with van der Waals surface area (Å²) in [5.41, 5.74) is 1.01. The molecule has 0 spiro atoms. The van der Waals surface area contributed by atoms with Gasteiger partial charge in [0.15, 0.2) is 5.96 Å². The Labute approximate surface area is 169 Å². The Morgan fingerprint density at radius 2 is 1.71 bits per heavy atom. The van der Waals surface area contributed by atoms with Crippen molar-refractivity contribution in [2.45, 2.75) is 45.2 Å². The summed E-state index contributed by atoms with van der Waals surface area (Å²) >= 11 is 0. The molecule has 158 valence electrons. The fourth-order valence-electron chi connectivity index (χ4n) is 3.58. The van der Waals surface area contributed by atoms with Crippen LogP contribution in [-0.2, 0) is 6.42 Å². The molecule has 0 atom stereocenters. The highest BCUT2D eigenvalue weighted by molar-refractivity contribution is 5.80. The summed E-state index contributed by atoms with van der Waals surface area (Å²) < 4.78 is 16.4. The van der Waals surface area contributed by atoms with Gasteiger partial charge in [-0.2, -0.15) is 0 Å². The number of methoxy groups -OCH3 is 3. The Morgan fingerprint density at radius 1 is 1.11 bits per heavy atom. The zero-order chi connectivity index (χ0) is 20.5. The zero-order valence-corrected chi connectivity index (χ0v) is 18.2. The molecule has 1 aromatic carbocycles. The van der Waals surface area contributed by atoms with Gasteiger partial charge in [0.05, 0.1) is 21.3 Å². The number of guanidine groups is 1. The van der Waals surface area contributed by atoms with E-state index in [0.29, 0.717) is 12.1 Å². The second-order valence-corrected chi connectivity index (χ2v) is 7.31. The maximum Gasteiger partial charge on any atom is 0.191 e. The molecule has 1 aliphatic rings. The SMILES string of the molecule is CN=C(NCCc1c(OC)cc(OC)cc1OC)NC1CCN(C(C)C)CC1. The van der Waals surface area contributed by atoms with Crippen LogP contribution in [0, 0.1) is 0 Å². The molecule has 7 nitrogen and oxygen atoms in total. The van der Waals surface area contributed by atoms with Gasteiger partial charge in [-0.1, -0.05) is 0 Å². The molecule has 7 heteroatoms. The highest BCUT2D eigenvalue weighted by atomic mass is 16.5. The molecule has 2 rings (SSSR count). The lowest BCUT2D eigenvalue weighted by molar-refractivity contribution is 0.167. The van der Waals surface area contributed by atoms with E-state index in [2.05, 4.69) is 34.4 Å². The number of hydrogen-bond acceptors (Lipinski definition) is 5. The third-order valence-corrected chi connectivity index (χ3v) is 5.31. The van der Waals surface area contributed by atoms with Gasteiger partial charge >= 0.3 is 0 Å². The summed E-state index contributed by atoms with van der Waals surface area (Å²) in [4.78, 5) is 6.90. The fourth-order valence-corrected chi connectivity index (χ4v) is 3.58. The summed E-state index contributed by atoms with van der Waals surface area (Å²) in [6.45, 7) is 7.51. The van der Waals surface area contributed by atoms with Crippen LogP contribution in [0.4, 0.5) is 0 Å². The lowest BCUT2D eigenvalue weighted by Gasteiger charge is -2.35. The number of nitrogens with one attached hydrogen (secondary N) is 2. The molecule has 1 aliphatic heterocycles. The van der Waals surface area contributed by atoms with E-state index in [4.69, 9.17) is 14.2 Å². The number of rotatable bonds is 8. The first kappa shape index (κ1) is 22.1. The second-order valence-electron chi connectivity index (χ2n) is 7.31. The Bertz CT molecular complexity index is 616. The second kappa shape index (κ2) is 11.0. The first-order chi connectivity index (χ1) is 13.5. The molecule has 0 radical (unpaired) electrons. The van der Waals surface area contributed by atoms with E-state index in [0.717, 1.165) is 67.7 Å². The fraction of sp³-hybridized carbons (Fsp3) is 0.667. The predicted octanol–water partition coefficient (Wildman–Crippen LogP) is 2.29. The van der Waals surface area contributed by atoms with Gasteiger partial charge in [-0.15, -0.1) is 0 Å². The Kier molecular flexibility index (Phi) is 8.70. The molecule has 28 heavy (non-hydrogen) atoms. The number of likely N-dealkylation sites (tertiary alicyclic amines) is 1. The van der Waals surface area contributed by atoms with E-state index in [-0.39, 0.29) is 0 Å². The van der Waals surface area contributed by atoms with Crippen molar-refractivity contribution in [1.29, 1.82) is 0 Å². The molecule has 1 saturated heterocycles. The topological polar surface area (TPSA) is 67.4 Å². The van der Waals surface area contributed by atoms with E-state index in [1.165, 1.54) is 0 Å². The monoisotopic (exact) mass is 392 g/mol. The van der Waals surface area contributed by atoms with Crippen LogP contribution in [0.1, 0.15) is 32.3 Å². The molecule has 1 aromatic rings. The highest BCUT2D eigenvalue weighted by Crippen LogP contribution is 2.34. The minimum absolute atomic E-state index is 0.464. The Hall–Kier alpha value is -2.15. The minimum atomic E-state index is 0.464. The van der Waals surface area contributed by atoms with E-state index in [9.17, 15) is 0 Å². The number of piperidine rings is 1. The molecule has 0 unspecified atom stereocenters. The van der Waals surface area contributed by atoms with Gasteiger partial charge in [0.2, 0.25) is 0 Å². The zero-order valence-electron chi connectivity index (χ0n) is 18.2. The molecule has 0 aromatic heterocycles. The smallest absolute Gasteiger partial charge is 0.191 e. The molecular weight excluding hydrogens is 356 g/mol. The van der Waals surface area contributed by atoms with Crippen molar-refractivity contribution in [3.63, 3.8) is 0 Å². The molecule has 0 bridgehead atoms. The van der Waals surface area contributed by atoms with Crippen LogP contribution in [0.15, 0.2) is 17.1 Å². The van der Waals surface area contributed by atoms with Crippen molar-refractivity contribution in [3.05, 3.63) is 17.7 Å². The predicted molar refractivity (Wildman–Crippen MR) is 114 cm³/mol. The van der Waals surface area contributed by atoms with Crippen LogP contribution in [0.25, 0.3) is 0 Å². The van der Waals surface area contributed by atoms with E-state index in [1.54, 1.807) is 21.3 Å². The van der Waals surface area contributed by atoms with Gasteiger partial charge in [0.25, 0.3) is 0 Å². The number of nitrogens with zero attached hydrogens (tertiary/aromatic N) is 2. The Balaban J connectivity index is 1.89. The van der Waals surface area contributed by atoms with Crippen molar-refractivity contribution in [1.82, 2.24) is 15.5 Å². The molecule has 0 saturated carbocycles. The van der Waals surface area contributed by atoms with Gasteiger partial charge in [0, 0.05) is 56.5 Å². The van der Waals surface area contributed by atoms with Gasteiger partial charge in [0.1, 0.15) is 17.2 Å². The van der Waals surface area contributed by atoms with E-state index >= 15 is 0 Å². The molecule has 0 aliphatic carbocycles. The van der Waals surface area contributed by atoms with E-state index in [1.807, 2.05) is 19.2 Å². The summed E-state index contributed by atoms with van der Waals surface area (Å²) in [5, 5.41) is 6.97. The first-order valence-electron chi connectivity index (χ1n) is 10.0. The molecule has 2 N–H and O–H groups in total. The van der Waals surface area contributed by atoms with E-state index < -0.39 is 0 Å². The number of ether oxygens (including phenoxy) is 3. The van der Waals surface area contributed by atoms with Crippen molar-refractivity contribution in [2.75, 3.05) is 48.0 Å². The molecule has 1 fully saturated rings. The normalized spacial score (nSPS) is 16.2. The van der Waals surface area contributed by atoms with Crippen molar-refractivity contribution < 1.29 is 14.2 Å². The maximum atomic E-state index is 5.53. The largest absolute Gasteiger partial charge is 0.496 e. The lowest BCUT2D eigenvalue weighted by Crippen LogP contribution is -2.50. The standard InChI is InChI=1S/C21H36N4O3/c1-15(2)25-11-8-16(9-12-25)24-21(22-3)23-10-7-18-19(27-5)13-17(26-4)14-20(18)28-6/h13-16H,7-12H2,1-6H3,(H2,22,23,24). The summed E-state index contributed by atoms with van der Waals surface area (Å²) in [7, 11) is 6.77. The number of hydrogen-bond donors (Lipinski definition) is 2. The van der Waals surface area contributed by atoms with Crippen LogP contribution in [-0.4, -0.2) is 71.0 Å². The molecule has 1 heterocycles. The van der Waals surface area contributed by atoms with Gasteiger partial charge in [-0.05, 0) is 33.1 Å². The van der Waals surface area contributed by atoms with Crippen LogP contribution >= 0.6 is 0 Å². The quantitative estimate of drug-likeness (QED) is 0.523. The number of aliphatic imine (C=N–C) groups is 1. The third kappa shape index (κ3) is 5.92. The average Bonchev–Trinajstić information content (AvgIpc) is 2.72. The van der Waals surface area contributed by atoms with Crippen LogP contribution in [0.5, 0.6) is 17.2 Å². The van der Waals surface area contributed by atoms with Crippen LogP contribution in [0.3, 0.4) is 0 Å². The third-order valence-electron chi connectivity index (χ3n) is 5.31. The maximum absolute atomic E-state index is 5.53. The lowest BCUT2D eigenvalue weighted by atomic mass is 10.0. The summed E-state index contributed by atoms with van der Waals surface area (Å²) in [6.07, 6.45) is 3.03. The summed E-state index contributed by atoms with van der Waals surface area (Å²) in [5.74, 6) is 3.09. The molecular formula is C21H36N4O3. The van der Waals surface area contributed by atoms with Crippen LogP contribution in [0.2, 0.25) is 0 Å². The average molecular weight is 393 g/mol. The van der Waals surface area contributed by atoms with Crippen molar-refractivity contribution in [3.8, 4) is 17.2 Å². The Morgan fingerprint density at radius 3 is 2.18 bits per heavy atom. The van der Waals surface area contributed by atoms with Gasteiger partial charge in [-0.25, -0.2) is 0 Å². The molecule has 0 amide bonds. The van der Waals surface area contributed by atoms with Gasteiger partial charge < -0.3 is 29.7 Å². The van der Waals surface area contributed by atoms with Gasteiger partial charge in [-0.3, -0.25) is 4.99 Å². The number of benzene rings is 1. The first-order valence-corrected chi connectivity index (χ1v) is 10.0.